The predicted molar refractivity (Wildman–Crippen MR) is 97.5 cm³/mol. The molecule has 0 saturated heterocycles. The lowest BCUT2D eigenvalue weighted by molar-refractivity contribution is -0.138. The summed E-state index contributed by atoms with van der Waals surface area (Å²) in [5.41, 5.74) is 1.79. The molecule has 1 heterocycles. The molecular weight excluding hydrogens is 371 g/mol. The van der Waals surface area contributed by atoms with E-state index in [1.165, 1.54) is 25.4 Å². The highest BCUT2D eigenvalue weighted by Crippen LogP contribution is 2.33. The molecule has 0 bridgehead atoms. The normalized spacial score (nSPS) is 11.1. The van der Waals surface area contributed by atoms with Crippen molar-refractivity contribution in [3.63, 3.8) is 0 Å². The highest BCUT2D eigenvalue weighted by molar-refractivity contribution is 5.84. The van der Waals surface area contributed by atoms with Gasteiger partial charge in [0.25, 0.3) is 0 Å². The van der Waals surface area contributed by atoms with Gasteiger partial charge in [-0.05, 0) is 35.7 Å². The molecule has 0 aliphatic heterocycles. The van der Waals surface area contributed by atoms with Crippen LogP contribution in [0.4, 0.5) is 23.7 Å². The van der Waals surface area contributed by atoms with Gasteiger partial charge in [0.15, 0.2) is 0 Å². The van der Waals surface area contributed by atoms with Crippen molar-refractivity contribution in [2.24, 2.45) is 0 Å². The Morgan fingerprint density at radius 2 is 1.71 bits per heavy atom. The molecule has 2 aromatic carbocycles. The van der Waals surface area contributed by atoms with Crippen molar-refractivity contribution < 1.29 is 22.7 Å². The molecule has 0 radical (unpaired) electrons. The molecule has 0 unspecified atom stereocenters. The molecule has 0 atom stereocenters. The largest absolute Gasteiger partial charge is 0.444 e. The van der Waals surface area contributed by atoms with E-state index in [0.29, 0.717) is 0 Å². The maximum Gasteiger partial charge on any atom is 0.416 e. The third-order valence-electron chi connectivity index (χ3n) is 4.01. The number of ether oxygens (including phenoxy) is 1. The van der Waals surface area contributed by atoms with Gasteiger partial charge in [0.2, 0.25) is 0 Å². The fraction of sp³-hybridized carbons (Fsp3) is 0.150. The number of anilines is 1. The molecule has 0 spiro atoms. The number of rotatable bonds is 4. The number of aromatic nitrogens is 2. The minimum Gasteiger partial charge on any atom is -0.444 e. The van der Waals surface area contributed by atoms with Crippen molar-refractivity contribution in [2.45, 2.75) is 19.7 Å². The van der Waals surface area contributed by atoms with Crippen molar-refractivity contribution in [3.8, 4) is 11.1 Å². The van der Waals surface area contributed by atoms with Crippen molar-refractivity contribution >= 4 is 11.8 Å². The number of nitrogens with one attached hydrogen (secondary N) is 1. The van der Waals surface area contributed by atoms with Crippen molar-refractivity contribution in [1.82, 2.24) is 9.97 Å². The van der Waals surface area contributed by atoms with E-state index in [1.54, 1.807) is 24.5 Å². The van der Waals surface area contributed by atoms with Crippen molar-refractivity contribution in [3.05, 3.63) is 77.9 Å². The fourth-order valence-electron chi connectivity index (χ4n) is 2.55. The maximum absolute atomic E-state index is 12.9. The van der Waals surface area contributed by atoms with Gasteiger partial charge in [-0.2, -0.15) is 13.2 Å². The summed E-state index contributed by atoms with van der Waals surface area (Å²) in [7, 11) is 0. The standard InChI is InChI=1S/C20H16F3N3O2/c1-13-2-7-17(8-18(13)20(21,22)23)26-19(27)28-11-14-3-5-15(6-4-14)16-9-24-12-25-10-16/h2-10,12H,11H2,1H3,(H,26,27). The van der Waals surface area contributed by atoms with Gasteiger partial charge in [-0.3, -0.25) is 5.32 Å². The summed E-state index contributed by atoms with van der Waals surface area (Å²) >= 11 is 0. The van der Waals surface area contributed by atoms with E-state index in [2.05, 4.69) is 15.3 Å². The molecule has 3 aromatic rings. The van der Waals surface area contributed by atoms with Gasteiger partial charge < -0.3 is 4.74 Å². The molecule has 8 heteroatoms. The second kappa shape index (κ2) is 8.08. The Hall–Kier alpha value is -3.42. The second-order valence-electron chi connectivity index (χ2n) is 6.05. The number of alkyl halides is 3. The molecule has 3 rings (SSSR count). The first-order chi connectivity index (χ1) is 13.3. The van der Waals surface area contributed by atoms with E-state index >= 15 is 0 Å². The first kappa shape index (κ1) is 19.3. The first-order valence-electron chi connectivity index (χ1n) is 8.29. The van der Waals surface area contributed by atoms with E-state index in [0.717, 1.165) is 22.8 Å². The van der Waals surface area contributed by atoms with Crippen LogP contribution in [0.15, 0.2) is 61.2 Å². The minimum atomic E-state index is -4.49. The van der Waals surface area contributed by atoms with Crippen LogP contribution in [0.25, 0.3) is 11.1 Å². The summed E-state index contributed by atoms with van der Waals surface area (Å²) in [6, 6.07) is 10.8. The van der Waals surface area contributed by atoms with E-state index in [1.807, 2.05) is 12.1 Å². The highest BCUT2D eigenvalue weighted by Gasteiger charge is 2.32. The molecule has 0 aliphatic carbocycles. The number of amides is 1. The first-order valence-corrected chi connectivity index (χ1v) is 8.29. The van der Waals surface area contributed by atoms with E-state index < -0.39 is 17.8 Å². The summed E-state index contributed by atoms with van der Waals surface area (Å²) in [5, 5.41) is 2.31. The Morgan fingerprint density at radius 3 is 2.36 bits per heavy atom. The van der Waals surface area contributed by atoms with Gasteiger partial charge >= 0.3 is 12.3 Å². The number of aryl methyl sites for hydroxylation is 1. The van der Waals surface area contributed by atoms with E-state index in [4.69, 9.17) is 4.74 Å². The van der Waals surface area contributed by atoms with Crippen LogP contribution < -0.4 is 5.32 Å². The van der Waals surface area contributed by atoms with E-state index in [9.17, 15) is 18.0 Å². The Balaban J connectivity index is 1.59. The Kier molecular flexibility index (Phi) is 5.58. The zero-order valence-corrected chi connectivity index (χ0v) is 14.8. The van der Waals surface area contributed by atoms with Gasteiger partial charge in [0.05, 0.1) is 5.56 Å². The number of halogens is 3. The molecule has 1 amide bonds. The van der Waals surface area contributed by atoms with Gasteiger partial charge in [0.1, 0.15) is 12.9 Å². The monoisotopic (exact) mass is 387 g/mol. The van der Waals surface area contributed by atoms with Crippen LogP contribution in [0.5, 0.6) is 0 Å². The SMILES string of the molecule is Cc1ccc(NC(=O)OCc2ccc(-c3cncnc3)cc2)cc1C(F)(F)F. The fourth-order valence-corrected chi connectivity index (χ4v) is 2.55. The Labute approximate surface area is 159 Å². The summed E-state index contributed by atoms with van der Waals surface area (Å²) in [5.74, 6) is 0. The topological polar surface area (TPSA) is 64.1 Å². The van der Waals surface area contributed by atoms with Crippen LogP contribution in [-0.2, 0) is 17.5 Å². The lowest BCUT2D eigenvalue weighted by Crippen LogP contribution is -2.15. The summed E-state index contributed by atoms with van der Waals surface area (Å²) in [6.45, 7) is 1.34. The van der Waals surface area contributed by atoms with Gasteiger partial charge in [0, 0.05) is 23.6 Å². The second-order valence-corrected chi connectivity index (χ2v) is 6.05. The molecule has 1 N–H and O–H groups in total. The summed E-state index contributed by atoms with van der Waals surface area (Å²) in [4.78, 5) is 19.8. The predicted octanol–water partition coefficient (Wildman–Crippen LogP) is 5.22. The third-order valence-corrected chi connectivity index (χ3v) is 4.01. The minimum absolute atomic E-state index is 0.0161. The number of hydrogen-bond acceptors (Lipinski definition) is 4. The van der Waals surface area contributed by atoms with Crippen LogP contribution in [0, 0.1) is 6.92 Å². The molecule has 0 aliphatic rings. The van der Waals surface area contributed by atoms with Crippen LogP contribution in [0.1, 0.15) is 16.7 Å². The van der Waals surface area contributed by atoms with Gasteiger partial charge in [-0.1, -0.05) is 30.3 Å². The zero-order valence-electron chi connectivity index (χ0n) is 14.8. The quantitative estimate of drug-likeness (QED) is 0.667. The average molecular weight is 387 g/mol. The number of carbonyl (C=O) groups excluding carboxylic acids is 1. The Morgan fingerprint density at radius 1 is 1.04 bits per heavy atom. The zero-order chi connectivity index (χ0) is 20.1. The summed E-state index contributed by atoms with van der Waals surface area (Å²) < 4.78 is 43.9. The molecule has 5 nitrogen and oxygen atoms in total. The molecule has 0 fully saturated rings. The van der Waals surface area contributed by atoms with Crippen LogP contribution in [-0.4, -0.2) is 16.1 Å². The van der Waals surface area contributed by atoms with Crippen LogP contribution in [0.3, 0.4) is 0 Å². The molecule has 28 heavy (non-hydrogen) atoms. The lowest BCUT2D eigenvalue weighted by Gasteiger charge is -2.13. The summed E-state index contributed by atoms with van der Waals surface area (Å²) in [6.07, 6.45) is -0.517. The number of nitrogens with zero attached hydrogens (tertiary/aromatic N) is 2. The van der Waals surface area contributed by atoms with Crippen molar-refractivity contribution in [1.29, 1.82) is 0 Å². The van der Waals surface area contributed by atoms with Gasteiger partial charge in [-0.25, -0.2) is 14.8 Å². The third kappa shape index (κ3) is 4.85. The number of benzene rings is 2. The van der Waals surface area contributed by atoms with Crippen molar-refractivity contribution in [2.75, 3.05) is 5.32 Å². The molecule has 144 valence electrons. The van der Waals surface area contributed by atoms with Crippen LogP contribution >= 0.6 is 0 Å². The molecular formula is C20H16F3N3O2. The molecule has 1 aromatic heterocycles. The number of carbonyl (C=O) groups is 1. The molecule has 0 saturated carbocycles. The maximum atomic E-state index is 12.9. The van der Waals surface area contributed by atoms with E-state index in [-0.39, 0.29) is 17.9 Å². The van der Waals surface area contributed by atoms with Gasteiger partial charge in [-0.15, -0.1) is 0 Å². The average Bonchev–Trinajstić information content (AvgIpc) is 2.68. The smallest absolute Gasteiger partial charge is 0.416 e. The highest BCUT2D eigenvalue weighted by atomic mass is 19.4. The van der Waals surface area contributed by atoms with Crippen LogP contribution in [0.2, 0.25) is 0 Å². The number of hydrogen-bond donors (Lipinski definition) is 1. The lowest BCUT2D eigenvalue weighted by atomic mass is 10.1. The Bertz CT molecular complexity index is 959.